The van der Waals surface area contributed by atoms with E-state index < -0.39 is 0 Å². The van der Waals surface area contributed by atoms with Crippen LogP contribution in [-0.2, 0) is 12.8 Å². The lowest BCUT2D eigenvalue weighted by Gasteiger charge is -2.23. The molecule has 0 unspecified atom stereocenters. The Hall–Kier alpha value is -0.980. The van der Waals surface area contributed by atoms with Crippen molar-refractivity contribution in [2.75, 3.05) is 7.05 Å². The van der Waals surface area contributed by atoms with E-state index in [1.165, 1.54) is 16.8 Å². The summed E-state index contributed by atoms with van der Waals surface area (Å²) in [6.07, 6.45) is 2.14. The standard InChI is InChI=1S/C11H16N/c1-4-9-7-6-8-10(5-2)11(9)12-3/h6-8H,4-5H2,1-3H3/q-1. The van der Waals surface area contributed by atoms with Gasteiger partial charge in [-0.3, -0.25) is 0 Å². The molecule has 12 heavy (non-hydrogen) atoms. The van der Waals surface area contributed by atoms with Crippen molar-refractivity contribution in [3.05, 3.63) is 34.6 Å². The first-order valence-electron chi connectivity index (χ1n) is 4.54. The highest BCUT2D eigenvalue weighted by molar-refractivity contribution is 5.60. The first-order valence-corrected chi connectivity index (χ1v) is 4.54. The molecule has 0 aromatic heterocycles. The van der Waals surface area contributed by atoms with Crippen LogP contribution in [0.25, 0.3) is 5.32 Å². The van der Waals surface area contributed by atoms with Gasteiger partial charge < -0.3 is 5.32 Å². The minimum atomic E-state index is 1.07. The van der Waals surface area contributed by atoms with Crippen LogP contribution in [0.15, 0.2) is 18.2 Å². The van der Waals surface area contributed by atoms with E-state index in [-0.39, 0.29) is 0 Å². The van der Waals surface area contributed by atoms with Gasteiger partial charge in [0, 0.05) is 0 Å². The zero-order chi connectivity index (χ0) is 8.97. The van der Waals surface area contributed by atoms with Gasteiger partial charge in [-0.05, 0) is 12.8 Å². The molecule has 0 radical (unpaired) electrons. The summed E-state index contributed by atoms with van der Waals surface area (Å²) in [5, 5.41) is 4.31. The number of hydrogen-bond donors (Lipinski definition) is 0. The summed E-state index contributed by atoms with van der Waals surface area (Å²) >= 11 is 0. The molecule has 1 aromatic rings. The lowest BCUT2D eigenvalue weighted by Crippen LogP contribution is -1.88. The van der Waals surface area contributed by atoms with Gasteiger partial charge in [0.1, 0.15) is 0 Å². The molecule has 1 aromatic carbocycles. The second kappa shape index (κ2) is 4.15. The fourth-order valence-corrected chi connectivity index (χ4v) is 1.50. The minimum Gasteiger partial charge on any atom is -0.686 e. The first-order chi connectivity index (χ1) is 5.83. The van der Waals surface area contributed by atoms with Gasteiger partial charge in [-0.1, -0.05) is 43.2 Å². The molecule has 0 atom stereocenters. The molecular weight excluding hydrogens is 146 g/mol. The second-order valence-corrected chi connectivity index (χ2v) is 2.86. The van der Waals surface area contributed by atoms with Crippen molar-refractivity contribution in [1.29, 1.82) is 0 Å². The van der Waals surface area contributed by atoms with E-state index in [1.54, 1.807) is 0 Å². The van der Waals surface area contributed by atoms with Crippen LogP contribution >= 0.6 is 0 Å². The molecule has 66 valence electrons. The quantitative estimate of drug-likeness (QED) is 0.646. The van der Waals surface area contributed by atoms with Crippen LogP contribution in [0.5, 0.6) is 0 Å². The Kier molecular flexibility index (Phi) is 3.15. The Balaban J connectivity index is 3.13. The summed E-state index contributed by atoms with van der Waals surface area (Å²) in [4.78, 5) is 0. The number of hydrogen-bond acceptors (Lipinski definition) is 0. The number of para-hydroxylation sites is 1. The van der Waals surface area contributed by atoms with Gasteiger partial charge in [0.15, 0.2) is 0 Å². The van der Waals surface area contributed by atoms with E-state index in [0.29, 0.717) is 0 Å². The predicted octanol–water partition coefficient (Wildman–Crippen LogP) is 3.45. The molecule has 0 saturated heterocycles. The Morgan fingerprint density at radius 1 is 1.08 bits per heavy atom. The molecular formula is C11H16N-. The fourth-order valence-electron chi connectivity index (χ4n) is 1.50. The summed E-state index contributed by atoms with van der Waals surface area (Å²) in [5.41, 5.74) is 3.91. The van der Waals surface area contributed by atoms with E-state index in [2.05, 4.69) is 37.4 Å². The Labute approximate surface area is 74.8 Å². The molecule has 0 N–H and O–H groups in total. The zero-order valence-electron chi connectivity index (χ0n) is 8.09. The number of benzene rings is 1. The summed E-state index contributed by atoms with van der Waals surface area (Å²) in [6, 6.07) is 6.43. The van der Waals surface area contributed by atoms with Crippen LogP contribution in [0.4, 0.5) is 5.69 Å². The maximum atomic E-state index is 4.31. The minimum absolute atomic E-state index is 1.07. The third-order valence-corrected chi connectivity index (χ3v) is 2.19. The van der Waals surface area contributed by atoms with Crippen LogP contribution in [0, 0.1) is 0 Å². The normalized spacial score (nSPS) is 9.92. The molecule has 0 fully saturated rings. The van der Waals surface area contributed by atoms with E-state index in [4.69, 9.17) is 0 Å². The van der Waals surface area contributed by atoms with E-state index >= 15 is 0 Å². The predicted molar refractivity (Wildman–Crippen MR) is 54.1 cm³/mol. The zero-order valence-corrected chi connectivity index (χ0v) is 8.09. The molecule has 1 rings (SSSR count). The highest BCUT2D eigenvalue weighted by Crippen LogP contribution is 2.27. The third kappa shape index (κ3) is 1.60. The fraction of sp³-hybridized carbons (Fsp3) is 0.455. The van der Waals surface area contributed by atoms with Crippen molar-refractivity contribution in [2.24, 2.45) is 0 Å². The molecule has 0 bridgehead atoms. The summed E-state index contributed by atoms with van der Waals surface area (Å²) in [5.74, 6) is 0. The van der Waals surface area contributed by atoms with Gasteiger partial charge in [-0.2, -0.15) is 0 Å². The van der Waals surface area contributed by atoms with Crippen molar-refractivity contribution in [2.45, 2.75) is 26.7 Å². The van der Waals surface area contributed by atoms with Crippen LogP contribution in [0.2, 0.25) is 0 Å². The largest absolute Gasteiger partial charge is 0.686 e. The molecule has 1 nitrogen and oxygen atoms in total. The first kappa shape index (κ1) is 9.11. The smallest absolute Gasteiger partial charge is 0.0320 e. The maximum Gasteiger partial charge on any atom is -0.0320 e. The van der Waals surface area contributed by atoms with Gasteiger partial charge in [0.25, 0.3) is 0 Å². The van der Waals surface area contributed by atoms with Crippen molar-refractivity contribution in [1.82, 2.24) is 0 Å². The monoisotopic (exact) mass is 162 g/mol. The average molecular weight is 162 g/mol. The molecule has 1 heteroatoms. The molecule has 0 aliphatic carbocycles. The molecule has 0 aliphatic rings. The van der Waals surface area contributed by atoms with Crippen LogP contribution < -0.4 is 0 Å². The molecule has 0 saturated carbocycles. The van der Waals surface area contributed by atoms with Crippen molar-refractivity contribution < 1.29 is 0 Å². The SMILES string of the molecule is CCc1cccc(CC)c1[N-]C. The lowest BCUT2D eigenvalue weighted by atomic mass is 10.0. The average Bonchev–Trinajstić information content (AvgIpc) is 2.16. The molecule has 0 amide bonds. The van der Waals surface area contributed by atoms with Gasteiger partial charge in [0.2, 0.25) is 0 Å². The molecule has 0 aliphatic heterocycles. The van der Waals surface area contributed by atoms with E-state index in [0.717, 1.165) is 12.8 Å². The number of aryl methyl sites for hydroxylation is 2. The summed E-state index contributed by atoms with van der Waals surface area (Å²) < 4.78 is 0. The van der Waals surface area contributed by atoms with Gasteiger partial charge in [-0.15, -0.1) is 12.7 Å². The maximum absolute atomic E-state index is 4.31. The molecule has 0 spiro atoms. The van der Waals surface area contributed by atoms with Crippen molar-refractivity contribution in [3.63, 3.8) is 0 Å². The van der Waals surface area contributed by atoms with Crippen molar-refractivity contribution >= 4 is 5.69 Å². The Morgan fingerprint density at radius 3 is 1.92 bits per heavy atom. The Bertz CT molecular complexity index is 231. The highest BCUT2D eigenvalue weighted by atomic mass is 14.8. The van der Waals surface area contributed by atoms with Crippen LogP contribution in [0.1, 0.15) is 25.0 Å². The lowest BCUT2D eigenvalue weighted by molar-refractivity contribution is 1.09. The van der Waals surface area contributed by atoms with Crippen LogP contribution in [-0.4, -0.2) is 7.05 Å². The van der Waals surface area contributed by atoms with Gasteiger partial charge in [0.05, 0.1) is 0 Å². The Morgan fingerprint density at radius 2 is 1.58 bits per heavy atom. The van der Waals surface area contributed by atoms with Gasteiger partial charge in [-0.25, -0.2) is 0 Å². The second-order valence-electron chi connectivity index (χ2n) is 2.86. The van der Waals surface area contributed by atoms with Crippen LogP contribution in [0.3, 0.4) is 0 Å². The molecule has 0 heterocycles. The van der Waals surface area contributed by atoms with Crippen molar-refractivity contribution in [3.8, 4) is 0 Å². The third-order valence-electron chi connectivity index (χ3n) is 2.19. The topological polar surface area (TPSA) is 14.1 Å². The van der Waals surface area contributed by atoms with Gasteiger partial charge >= 0.3 is 0 Å². The summed E-state index contributed by atoms with van der Waals surface area (Å²) in [7, 11) is 1.87. The van der Waals surface area contributed by atoms with E-state index in [1.807, 2.05) is 7.05 Å². The van der Waals surface area contributed by atoms with E-state index in [9.17, 15) is 0 Å². The summed E-state index contributed by atoms with van der Waals surface area (Å²) in [6.45, 7) is 4.34. The highest BCUT2D eigenvalue weighted by Gasteiger charge is 1.95. The number of rotatable bonds is 3. The number of nitrogens with zero attached hydrogens (tertiary/aromatic N) is 1.